The van der Waals surface area contributed by atoms with Crippen LogP contribution >= 0.6 is 11.3 Å². The molecular weight excluding hydrogens is 396 g/mol. The third kappa shape index (κ3) is 3.47. The highest BCUT2D eigenvalue weighted by atomic mass is 32.2. The molecule has 6 nitrogen and oxygen atoms in total. The fourth-order valence-electron chi connectivity index (χ4n) is 3.49. The van der Waals surface area contributed by atoms with Crippen molar-refractivity contribution in [2.45, 2.75) is 50.3 Å². The molecule has 2 aliphatic heterocycles. The Morgan fingerprint density at radius 3 is 2.79 bits per heavy atom. The maximum absolute atomic E-state index is 13.1. The van der Waals surface area contributed by atoms with E-state index in [1.165, 1.54) is 21.7 Å². The number of hydrogen-bond acceptors (Lipinski definition) is 5. The molecule has 0 fully saturated rings. The van der Waals surface area contributed by atoms with Crippen molar-refractivity contribution >= 4 is 32.3 Å². The SMILES string of the molecule is C=CC(=O)Nc1cc2c(s1)CN(S(=O)(=O)c1ccc3c(c1)CCC(C)(C)O3)C2. The molecule has 148 valence electrons. The molecule has 0 radical (unpaired) electrons. The van der Waals surface area contributed by atoms with Gasteiger partial charge in [0.05, 0.1) is 9.90 Å². The number of ether oxygens (including phenoxy) is 1. The first-order chi connectivity index (χ1) is 13.2. The smallest absolute Gasteiger partial charge is 0.248 e. The molecular formula is C20H22N2O4S2. The fraction of sp³-hybridized carbons (Fsp3) is 0.350. The summed E-state index contributed by atoms with van der Waals surface area (Å²) >= 11 is 1.40. The zero-order chi connectivity index (χ0) is 20.1. The van der Waals surface area contributed by atoms with Crippen LogP contribution < -0.4 is 10.1 Å². The topological polar surface area (TPSA) is 75.7 Å². The minimum Gasteiger partial charge on any atom is -0.488 e. The van der Waals surface area contributed by atoms with Crippen molar-refractivity contribution < 1.29 is 17.9 Å². The van der Waals surface area contributed by atoms with Gasteiger partial charge < -0.3 is 10.1 Å². The van der Waals surface area contributed by atoms with Crippen LogP contribution in [-0.4, -0.2) is 24.2 Å². The molecule has 0 bridgehead atoms. The number of thiophene rings is 1. The number of rotatable bonds is 4. The molecule has 1 amide bonds. The number of carbonyl (C=O) groups excluding carboxylic acids is 1. The molecule has 0 aliphatic carbocycles. The zero-order valence-electron chi connectivity index (χ0n) is 15.8. The summed E-state index contributed by atoms with van der Waals surface area (Å²) in [6, 6.07) is 6.96. The lowest BCUT2D eigenvalue weighted by molar-refractivity contribution is -0.111. The van der Waals surface area contributed by atoms with Crippen LogP contribution in [0.2, 0.25) is 0 Å². The Balaban J connectivity index is 1.54. The molecule has 0 saturated heterocycles. The number of aryl methyl sites for hydroxylation is 1. The van der Waals surface area contributed by atoms with Crippen molar-refractivity contribution in [2.75, 3.05) is 5.32 Å². The number of nitrogens with one attached hydrogen (secondary N) is 1. The van der Waals surface area contributed by atoms with Gasteiger partial charge in [0.2, 0.25) is 15.9 Å². The number of fused-ring (bicyclic) bond motifs is 2. The molecule has 1 aromatic carbocycles. The minimum absolute atomic E-state index is 0.227. The molecule has 0 spiro atoms. The lowest BCUT2D eigenvalue weighted by Crippen LogP contribution is -2.33. The molecule has 3 heterocycles. The summed E-state index contributed by atoms with van der Waals surface area (Å²) in [6.07, 6.45) is 2.86. The maximum Gasteiger partial charge on any atom is 0.248 e. The third-order valence-electron chi connectivity index (χ3n) is 5.05. The first-order valence-electron chi connectivity index (χ1n) is 9.05. The molecule has 0 saturated carbocycles. The normalized spacial score (nSPS) is 18.1. The molecule has 0 unspecified atom stereocenters. The van der Waals surface area contributed by atoms with Crippen molar-refractivity contribution in [1.82, 2.24) is 4.31 Å². The fourth-order valence-corrected chi connectivity index (χ4v) is 6.10. The Morgan fingerprint density at radius 1 is 1.29 bits per heavy atom. The van der Waals surface area contributed by atoms with E-state index in [1.54, 1.807) is 18.2 Å². The molecule has 1 aromatic heterocycles. The Labute approximate surface area is 168 Å². The predicted octanol–water partition coefficient (Wildman–Crippen LogP) is 3.68. The van der Waals surface area contributed by atoms with Crippen LogP contribution in [0.4, 0.5) is 5.00 Å². The lowest BCUT2D eigenvalue weighted by atomic mass is 9.94. The minimum atomic E-state index is -3.60. The Hall–Kier alpha value is -2.16. The number of carbonyl (C=O) groups is 1. The van der Waals surface area contributed by atoms with Crippen LogP contribution in [0.1, 0.15) is 36.3 Å². The van der Waals surface area contributed by atoms with Crippen LogP contribution in [0, 0.1) is 0 Å². The molecule has 0 atom stereocenters. The average Bonchev–Trinajstić information content (AvgIpc) is 3.19. The van der Waals surface area contributed by atoms with E-state index in [4.69, 9.17) is 4.74 Å². The standard InChI is InChI=1S/C20H22N2O4S2/c1-4-18(23)21-19-10-14-11-22(12-17(14)27-19)28(24,25)15-5-6-16-13(9-15)7-8-20(2,3)26-16/h4-6,9-10H,1,7-8,11-12H2,2-3H3,(H,21,23). The second kappa shape index (κ2) is 6.72. The quantitative estimate of drug-likeness (QED) is 0.769. The van der Waals surface area contributed by atoms with Crippen LogP contribution in [0.5, 0.6) is 5.75 Å². The van der Waals surface area contributed by atoms with Crippen molar-refractivity contribution in [3.63, 3.8) is 0 Å². The van der Waals surface area contributed by atoms with Crippen molar-refractivity contribution in [1.29, 1.82) is 0 Å². The second-order valence-electron chi connectivity index (χ2n) is 7.66. The monoisotopic (exact) mass is 418 g/mol. The van der Waals surface area contributed by atoms with Gasteiger partial charge in [0.25, 0.3) is 0 Å². The number of benzene rings is 1. The summed E-state index contributed by atoms with van der Waals surface area (Å²) in [5.74, 6) is 0.488. The van der Waals surface area contributed by atoms with Crippen molar-refractivity contribution in [2.24, 2.45) is 0 Å². The van der Waals surface area contributed by atoms with Gasteiger partial charge in [0, 0.05) is 18.0 Å². The molecule has 28 heavy (non-hydrogen) atoms. The van der Waals surface area contributed by atoms with E-state index in [0.717, 1.165) is 34.6 Å². The largest absolute Gasteiger partial charge is 0.488 e. The summed E-state index contributed by atoms with van der Waals surface area (Å²) in [6.45, 7) is 8.12. The number of anilines is 1. The Kier molecular flexibility index (Phi) is 4.60. The van der Waals surface area contributed by atoms with E-state index >= 15 is 0 Å². The van der Waals surface area contributed by atoms with Gasteiger partial charge in [-0.3, -0.25) is 4.79 Å². The summed E-state index contributed by atoms with van der Waals surface area (Å²) in [5, 5.41) is 3.44. The van der Waals surface area contributed by atoms with Gasteiger partial charge in [-0.2, -0.15) is 4.31 Å². The zero-order valence-corrected chi connectivity index (χ0v) is 17.5. The van der Waals surface area contributed by atoms with E-state index in [2.05, 4.69) is 11.9 Å². The lowest BCUT2D eigenvalue weighted by Gasteiger charge is -2.32. The van der Waals surface area contributed by atoms with Crippen LogP contribution in [-0.2, 0) is 34.3 Å². The summed E-state index contributed by atoms with van der Waals surface area (Å²) in [4.78, 5) is 12.7. The van der Waals surface area contributed by atoms with Gasteiger partial charge in [-0.25, -0.2) is 8.42 Å². The van der Waals surface area contributed by atoms with Gasteiger partial charge in [0.1, 0.15) is 11.4 Å². The summed E-state index contributed by atoms with van der Waals surface area (Å²) < 4.78 is 33.7. The summed E-state index contributed by atoms with van der Waals surface area (Å²) in [5.41, 5.74) is 1.63. The van der Waals surface area contributed by atoms with Gasteiger partial charge in [0.15, 0.2) is 0 Å². The van der Waals surface area contributed by atoms with E-state index in [1.807, 2.05) is 19.9 Å². The number of nitrogens with zero attached hydrogens (tertiary/aromatic N) is 1. The highest BCUT2D eigenvalue weighted by Gasteiger charge is 2.34. The first-order valence-corrected chi connectivity index (χ1v) is 11.3. The highest BCUT2D eigenvalue weighted by molar-refractivity contribution is 7.89. The predicted molar refractivity (Wildman–Crippen MR) is 109 cm³/mol. The van der Waals surface area contributed by atoms with Gasteiger partial charge in [-0.05, 0) is 68.2 Å². The second-order valence-corrected chi connectivity index (χ2v) is 10.7. The van der Waals surface area contributed by atoms with Crippen LogP contribution in [0.3, 0.4) is 0 Å². The Bertz CT molecular complexity index is 1050. The molecule has 2 aromatic rings. The van der Waals surface area contributed by atoms with E-state index in [0.29, 0.717) is 23.0 Å². The number of sulfonamides is 1. The number of amides is 1. The van der Waals surface area contributed by atoms with E-state index in [9.17, 15) is 13.2 Å². The van der Waals surface area contributed by atoms with E-state index < -0.39 is 10.0 Å². The maximum atomic E-state index is 13.1. The van der Waals surface area contributed by atoms with Crippen LogP contribution in [0.25, 0.3) is 0 Å². The van der Waals surface area contributed by atoms with Crippen LogP contribution in [0.15, 0.2) is 41.8 Å². The molecule has 4 rings (SSSR count). The van der Waals surface area contributed by atoms with Crippen molar-refractivity contribution in [3.8, 4) is 5.75 Å². The van der Waals surface area contributed by atoms with Crippen molar-refractivity contribution in [3.05, 3.63) is 52.9 Å². The Morgan fingerprint density at radius 2 is 2.07 bits per heavy atom. The molecule has 8 heteroatoms. The first kappa shape index (κ1) is 19.2. The molecule has 2 aliphatic rings. The number of hydrogen-bond donors (Lipinski definition) is 1. The summed E-state index contributed by atoms with van der Waals surface area (Å²) in [7, 11) is -3.60. The van der Waals surface area contributed by atoms with E-state index in [-0.39, 0.29) is 11.5 Å². The molecule has 1 N–H and O–H groups in total. The van der Waals surface area contributed by atoms with Gasteiger partial charge in [-0.15, -0.1) is 11.3 Å². The average molecular weight is 419 g/mol. The third-order valence-corrected chi connectivity index (χ3v) is 7.91. The van der Waals surface area contributed by atoms with Gasteiger partial charge in [-0.1, -0.05) is 6.58 Å². The highest BCUT2D eigenvalue weighted by Crippen LogP contribution is 2.39. The van der Waals surface area contributed by atoms with Gasteiger partial charge >= 0.3 is 0 Å².